The lowest BCUT2D eigenvalue weighted by molar-refractivity contribution is 0.238. The second-order valence-electron chi connectivity index (χ2n) is 6.04. The van der Waals surface area contributed by atoms with Crippen LogP contribution in [-0.2, 0) is 0 Å². The van der Waals surface area contributed by atoms with Gasteiger partial charge in [-0.05, 0) is 36.4 Å². The smallest absolute Gasteiger partial charge is 0.297 e. The second kappa shape index (κ2) is 7.24. The first-order chi connectivity index (χ1) is 13.7. The molecular weight excluding hydrogens is 356 g/mol. The van der Waals surface area contributed by atoms with Crippen LogP contribution < -0.4 is 22.0 Å². The highest BCUT2D eigenvalue weighted by Crippen LogP contribution is 2.09. The van der Waals surface area contributed by atoms with E-state index in [-0.39, 0.29) is 10.8 Å². The number of fused-ring (bicyclic) bond motifs is 1. The molecular formula is C21H16N4O3. The molecule has 0 saturated heterocycles. The van der Waals surface area contributed by atoms with E-state index < -0.39 is 17.1 Å². The molecule has 7 heteroatoms. The van der Waals surface area contributed by atoms with E-state index in [0.717, 1.165) is 9.36 Å². The summed E-state index contributed by atoms with van der Waals surface area (Å²) in [5, 5.41) is 0.422. The van der Waals surface area contributed by atoms with Gasteiger partial charge in [0.2, 0.25) is 0 Å². The summed E-state index contributed by atoms with van der Waals surface area (Å²) in [6, 6.07) is 23.2. The number of para-hydroxylation sites is 2. The highest BCUT2D eigenvalue weighted by molar-refractivity contribution is 5.85. The molecule has 4 rings (SSSR count). The van der Waals surface area contributed by atoms with Crippen LogP contribution in [0, 0.1) is 0 Å². The van der Waals surface area contributed by atoms with Crippen LogP contribution in [-0.4, -0.2) is 15.4 Å². The van der Waals surface area contributed by atoms with Crippen molar-refractivity contribution in [3.05, 3.63) is 106 Å². The highest BCUT2D eigenvalue weighted by atomic mass is 16.2. The van der Waals surface area contributed by atoms with E-state index in [9.17, 15) is 14.4 Å². The van der Waals surface area contributed by atoms with E-state index in [0.29, 0.717) is 11.4 Å². The van der Waals surface area contributed by atoms with Crippen molar-refractivity contribution in [1.29, 1.82) is 0 Å². The average molecular weight is 372 g/mol. The number of nitrogens with zero attached hydrogens (tertiary/aromatic N) is 2. The van der Waals surface area contributed by atoms with E-state index in [1.807, 2.05) is 6.07 Å². The fraction of sp³-hybridized carbons (Fsp3) is 0. The number of anilines is 1. The van der Waals surface area contributed by atoms with Crippen LogP contribution in [0.5, 0.6) is 0 Å². The average Bonchev–Trinajstić information content (AvgIpc) is 2.75. The van der Waals surface area contributed by atoms with Crippen LogP contribution in [0.25, 0.3) is 16.5 Å². The Kier molecular flexibility index (Phi) is 4.47. The summed E-state index contributed by atoms with van der Waals surface area (Å²) in [4.78, 5) is 39.0. The van der Waals surface area contributed by atoms with E-state index >= 15 is 0 Å². The predicted octanol–water partition coefficient (Wildman–Crippen LogP) is 2.74. The molecule has 0 spiro atoms. The number of benzene rings is 3. The second-order valence-corrected chi connectivity index (χ2v) is 6.04. The molecule has 3 aromatic carbocycles. The third-order valence-electron chi connectivity index (χ3n) is 4.25. The molecule has 0 atom stereocenters. The maximum atomic E-state index is 13.1. The van der Waals surface area contributed by atoms with Gasteiger partial charge in [0.25, 0.3) is 11.1 Å². The topological polar surface area (TPSA) is 85.1 Å². The van der Waals surface area contributed by atoms with Crippen molar-refractivity contribution >= 4 is 22.5 Å². The summed E-state index contributed by atoms with van der Waals surface area (Å²) in [6.45, 7) is 0. The maximum absolute atomic E-state index is 13.1. The fourth-order valence-electron chi connectivity index (χ4n) is 2.95. The van der Waals surface area contributed by atoms with Crippen molar-refractivity contribution in [3.8, 4) is 5.69 Å². The third kappa shape index (κ3) is 3.05. The molecule has 7 nitrogen and oxygen atoms in total. The SMILES string of the molecule is O=C(NNc1ccccc1)n1c(=O)c2ccccc2c(=O)n1-c1ccccc1. The first kappa shape index (κ1) is 17.3. The van der Waals surface area contributed by atoms with E-state index in [2.05, 4.69) is 10.9 Å². The Bertz CT molecular complexity index is 1260. The van der Waals surface area contributed by atoms with Gasteiger partial charge in [-0.25, -0.2) is 14.9 Å². The van der Waals surface area contributed by atoms with E-state index in [1.165, 1.54) is 6.07 Å². The molecule has 2 N–H and O–H groups in total. The van der Waals surface area contributed by atoms with Gasteiger partial charge >= 0.3 is 6.03 Å². The Morgan fingerprint density at radius 3 is 1.86 bits per heavy atom. The quantitative estimate of drug-likeness (QED) is 0.542. The number of hydrazine groups is 1. The standard InChI is InChI=1S/C21H16N4O3/c26-19-17-13-7-8-14-18(17)20(27)25(24(19)16-11-5-2-6-12-16)21(28)23-22-15-9-3-1-4-10-15/h1-14,22H,(H,23,28). The minimum Gasteiger partial charge on any atom is -0.297 e. The molecule has 0 bridgehead atoms. The Morgan fingerprint density at radius 2 is 1.21 bits per heavy atom. The summed E-state index contributed by atoms with van der Waals surface area (Å²) < 4.78 is 1.88. The predicted molar refractivity (Wildman–Crippen MR) is 108 cm³/mol. The summed E-state index contributed by atoms with van der Waals surface area (Å²) in [5.41, 5.74) is 5.21. The number of rotatable bonds is 3. The molecule has 0 aliphatic rings. The van der Waals surface area contributed by atoms with Gasteiger partial charge in [0.15, 0.2) is 0 Å². The molecule has 1 amide bonds. The first-order valence-electron chi connectivity index (χ1n) is 8.61. The summed E-state index contributed by atoms with van der Waals surface area (Å²) in [5.74, 6) is 0. The number of aromatic nitrogens is 2. The zero-order valence-electron chi connectivity index (χ0n) is 14.7. The molecule has 0 saturated carbocycles. The Balaban J connectivity index is 1.89. The lowest BCUT2D eigenvalue weighted by atomic mass is 10.2. The molecule has 0 radical (unpaired) electrons. The van der Waals surface area contributed by atoms with Crippen molar-refractivity contribution in [3.63, 3.8) is 0 Å². The molecule has 4 aromatic rings. The van der Waals surface area contributed by atoms with Crippen molar-refractivity contribution in [2.45, 2.75) is 0 Å². The Morgan fingerprint density at radius 1 is 0.679 bits per heavy atom. The van der Waals surface area contributed by atoms with Gasteiger partial charge < -0.3 is 0 Å². The number of carbonyl (C=O) groups is 1. The van der Waals surface area contributed by atoms with Gasteiger partial charge in [0.05, 0.1) is 22.1 Å². The van der Waals surface area contributed by atoms with E-state index in [1.54, 1.807) is 72.8 Å². The van der Waals surface area contributed by atoms with Crippen LogP contribution >= 0.6 is 0 Å². The molecule has 28 heavy (non-hydrogen) atoms. The molecule has 0 unspecified atom stereocenters. The largest absolute Gasteiger partial charge is 0.362 e. The minimum absolute atomic E-state index is 0.176. The third-order valence-corrected chi connectivity index (χ3v) is 4.25. The van der Waals surface area contributed by atoms with Gasteiger partial charge in [0, 0.05) is 0 Å². The lowest BCUT2D eigenvalue weighted by Crippen LogP contribution is -2.47. The molecule has 0 fully saturated rings. The zero-order chi connectivity index (χ0) is 19.5. The normalized spacial score (nSPS) is 10.6. The number of hydrogen-bond acceptors (Lipinski definition) is 4. The van der Waals surface area contributed by atoms with E-state index in [4.69, 9.17) is 0 Å². The summed E-state index contributed by atoms with van der Waals surface area (Å²) in [7, 11) is 0. The molecule has 0 aliphatic carbocycles. The van der Waals surface area contributed by atoms with Crippen molar-refractivity contribution in [1.82, 2.24) is 14.8 Å². The van der Waals surface area contributed by atoms with Crippen molar-refractivity contribution in [2.24, 2.45) is 0 Å². The van der Waals surface area contributed by atoms with Gasteiger partial charge in [0.1, 0.15) is 0 Å². The minimum atomic E-state index is -0.777. The van der Waals surface area contributed by atoms with Crippen LogP contribution in [0.15, 0.2) is 94.5 Å². The molecule has 1 heterocycles. The van der Waals surface area contributed by atoms with Gasteiger partial charge in [-0.1, -0.05) is 48.5 Å². The number of carbonyl (C=O) groups excluding carboxylic acids is 1. The van der Waals surface area contributed by atoms with Gasteiger partial charge in [-0.2, -0.15) is 4.68 Å². The number of hydrogen-bond donors (Lipinski definition) is 2. The summed E-state index contributed by atoms with van der Waals surface area (Å²) in [6.07, 6.45) is 0. The zero-order valence-corrected chi connectivity index (χ0v) is 14.7. The van der Waals surface area contributed by atoms with Crippen molar-refractivity contribution < 1.29 is 4.79 Å². The van der Waals surface area contributed by atoms with Crippen LogP contribution in [0.2, 0.25) is 0 Å². The number of amides is 1. The van der Waals surface area contributed by atoms with Crippen LogP contribution in [0.3, 0.4) is 0 Å². The Hall–Kier alpha value is -4.13. The van der Waals surface area contributed by atoms with Crippen molar-refractivity contribution in [2.75, 3.05) is 5.43 Å². The van der Waals surface area contributed by atoms with Crippen LogP contribution in [0.1, 0.15) is 0 Å². The highest BCUT2D eigenvalue weighted by Gasteiger charge is 2.19. The van der Waals surface area contributed by atoms with Crippen LogP contribution in [0.4, 0.5) is 10.5 Å². The summed E-state index contributed by atoms with van der Waals surface area (Å²) >= 11 is 0. The lowest BCUT2D eigenvalue weighted by Gasteiger charge is -2.16. The number of nitrogens with one attached hydrogen (secondary N) is 2. The molecule has 138 valence electrons. The molecule has 0 aliphatic heterocycles. The molecule has 1 aromatic heterocycles. The Labute approximate surface area is 159 Å². The fourth-order valence-corrected chi connectivity index (χ4v) is 2.95. The maximum Gasteiger partial charge on any atom is 0.362 e. The monoisotopic (exact) mass is 372 g/mol. The first-order valence-corrected chi connectivity index (χ1v) is 8.61. The van der Waals surface area contributed by atoms with Gasteiger partial charge in [-0.15, -0.1) is 0 Å². The van der Waals surface area contributed by atoms with Gasteiger partial charge in [-0.3, -0.25) is 15.0 Å².